The fraction of sp³-hybridized carbons (Fsp3) is 0.455. The molecular formula is C22H27N3O4. The summed E-state index contributed by atoms with van der Waals surface area (Å²) in [5, 5.41) is 0. The number of aromatic nitrogens is 1. The molecule has 7 nitrogen and oxygen atoms in total. The minimum absolute atomic E-state index is 0.0507. The molecule has 0 radical (unpaired) electrons. The number of aromatic amines is 1. The number of H-pyrrole nitrogens is 1. The summed E-state index contributed by atoms with van der Waals surface area (Å²) >= 11 is 0. The van der Waals surface area contributed by atoms with Crippen molar-refractivity contribution in [1.82, 2.24) is 14.8 Å². The highest BCUT2D eigenvalue weighted by molar-refractivity contribution is 5.94. The second kappa shape index (κ2) is 8.69. The lowest BCUT2D eigenvalue weighted by molar-refractivity contribution is 0.0620. The predicted octanol–water partition coefficient (Wildman–Crippen LogP) is 2.10. The molecule has 4 rings (SSSR count). The van der Waals surface area contributed by atoms with Crippen LogP contribution in [0, 0.1) is 0 Å². The van der Waals surface area contributed by atoms with Crippen LogP contribution in [0.2, 0.25) is 0 Å². The number of benzene rings is 1. The highest BCUT2D eigenvalue weighted by Crippen LogP contribution is 2.38. The van der Waals surface area contributed by atoms with Gasteiger partial charge < -0.3 is 19.4 Å². The molecule has 154 valence electrons. The number of carbonyl (C=O) groups excluding carboxylic acids is 1. The molecule has 2 fully saturated rings. The molecule has 2 heterocycles. The standard InChI is InChI=1S/C22H27N3O4/c1-28-18-3-2-4-19(15-18)29-12-11-24-7-9-25(10-8-24)22(27)17-13-20(16-5-6-16)23-21(26)14-17/h2-4,13-16H,5-12H2,1H3,(H,23,26). The molecule has 1 aromatic carbocycles. The second-order valence-corrected chi connectivity index (χ2v) is 7.62. The van der Waals surface area contributed by atoms with Crippen LogP contribution >= 0.6 is 0 Å². The van der Waals surface area contributed by atoms with E-state index in [0.29, 0.717) is 31.2 Å². The molecule has 0 unspecified atom stereocenters. The first-order valence-corrected chi connectivity index (χ1v) is 10.1. The maximum absolute atomic E-state index is 12.8. The number of carbonyl (C=O) groups is 1. The van der Waals surface area contributed by atoms with Gasteiger partial charge in [-0.1, -0.05) is 6.07 Å². The molecule has 29 heavy (non-hydrogen) atoms. The average Bonchev–Trinajstić information content (AvgIpc) is 3.59. The molecular weight excluding hydrogens is 370 g/mol. The van der Waals surface area contributed by atoms with Crippen LogP contribution in [0.1, 0.15) is 34.8 Å². The van der Waals surface area contributed by atoms with Gasteiger partial charge in [-0.2, -0.15) is 0 Å². The van der Waals surface area contributed by atoms with E-state index in [1.54, 1.807) is 7.11 Å². The smallest absolute Gasteiger partial charge is 0.254 e. The van der Waals surface area contributed by atoms with Gasteiger partial charge in [0, 0.05) is 56.1 Å². The quantitative estimate of drug-likeness (QED) is 0.774. The van der Waals surface area contributed by atoms with E-state index in [9.17, 15) is 9.59 Å². The van der Waals surface area contributed by atoms with E-state index in [1.807, 2.05) is 35.2 Å². The molecule has 0 atom stereocenters. The van der Waals surface area contributed by atoms with Crippen molar-refractivity contribution < 1.29 is 14.3 Å². The lowest BCUT2D eigenvalue weighted by Gasteiger charge is -2.34. The summed E-state index contributed by atoms with van der Waals surface area (Å²) in [4.78, 5) is 31.7. The number of rotatable bonds is 7. The fourth-order valence-electron chi connectivity index (χ4n) is 3.64. The minimum atomic E-state index is -0.189. The Hall–Kier alpha value is -2.80. The summed E-state index contributed by atoms with van der Waals surface area (Å²) < 4.78 is 11.0. The van der Waals surface area contributed by atoms with Crippen LogP contribution in [0.3, 0.4) is 0 Å². The summed E-state index contributed by atoms with van der Waals surface area (Å²) in [6.45, 7) is 4.29. The van der Waals surface area contributed by atoms with E-state index in [0.717, 1.165) is 49.7 Å². The van der Waals surface area contributed by atoms with Crippen LogP contribution < -0.4 is 15.0 Å². The van der Waals surface area contributed by atoms with Gasteiger partial charge in [0.05, 0.1) is 7.11 Å². The lowest BCUT2D eigenvalue weighted by Crippen LogP contribution is -2.49. The van der Waals surface area contributed by atoms with Crippen LogP contribution in [0.5, 0.6) is 11.5 Å². The summed E-state index contributed by atoms with van der Waals surface area (Å²) in [5.41, 5.74) is 1.21. The van der Waals surface area contributed by atoms with Crippen molar-refractivity contribution in [3.63, 3.8) is 0 Å². The first kappa shape index (κ1) is 19.5. The van der Waals surface area contributed by atoms with E-state index in [4.69, 9.17) is 9.47 Å². The largest absolute Gasteiger partial charge is 0.497 e. The molecule has 0 bridgehead atoms. The molecule has 1 aliphatic heterocycles. The van der Waals surface area contributed by atoms with Crippen LogP contribution in [0.15, 0.2) is 41.2 Å². The maximum Gasteiger partial charge on any atom is 0.254 e. The molecule has 1 saturated carbocycles. The monoisotopic (exact) mass is 397 g/mol. The number of amides is 1. The van der Waals surface area contributed by atoms with Gasteiger partial charge in [-0.25, -0.2) is 0 Å². The van der Waals surface area contributed by atoms with Gasteiger partial charge in [-0.15, -0.1) is 0 Å². The van der Waals surface area contributed by atoms with E-state index in [1.165, 1.54) is 6.07 Å². The fourth-order valence-corrected chi connectivity index (χ4v) is 3.64. The first-order valence-electron chi connectivity index (χ1n) is 10.1. The van der Waals surface area contributed by atoms with Gasteiger partial charge in [0.2, 0.25) is 5.56 Å². The van der Waals surface area contributed by atoms with Gasteiger partial charge in [-0.3, -0.25) is 14.5 Å². The van der Waals surface area contributed by atoms with Gasteiger partial charge in [0.15, 0.2) is 0 Å². The van der Waals surface area contributed by atoms with E-state index >= 15 is 0 Å². The predicted molar refractivity (Wildman–Crippen MR) is 110 cm³/mol. The van der Waals surface area contributed by atoms with Crippen LogP contribution in [-0.2, 0) is 0 Å². The Balaban J connectivity index is 1.26. The number of nitrogens with one attached hydrogen (secondary N) is 1. The van der Waals surface area contributed by atoms with Crippen molar-refractivity contribution in [1.29, 1.82) is 0 Å². The molecule has 1 aliphatic carbocycles. The number of nitrogens with zero attached hydrogens (tertiary/aromatic N) is 2. The van der Waals surface area contributed by atoms with E-state index in [2.05, 4.69) is 9.88 Å². The number of pyridine rings is 1. The van der Waals surface area contributed by atoms with Crippen molar-refractivity contribution in [3.05, 3.63) is 58.0 Å². The van der Waals surface area contributed by atoms with Crippen molar-refractivity contribution in [2.45, 2.75) is 18.8 Å². The molecule has 1 amide bonds. The molecule has 2 aliphatic rings. The van der Waals surface area contributed by atoms with Crippen molar-refractivity contribution in [2.75, 3.05) is 46.4 Å². The summed E-state index contributed by atoms with van der Waals surface area (Å²) in [7, 11) is 1.64. The summed E-state index contributed by atoms with van der Waals surface area (Å²) in [6, 6.07) is 10.8. The molecule has 7 heteroatoms. The molecule has 2 aromatic rings. The topological polar surface area (TPSA) is 74.9 Å². The van der Waals surface area contributed by atoms with E-state index in [-0.39, 0.29) is 11.5 Å². The number of piperazine rings is 1. The Kier molecular flexibility index (Phi) is 5.85. The lowest BCUT2D eigenvalue weighted by atomic mass is 10.1. The second-order valence-electron chi connectivity index (χ2n) is 7.62. The number of hydrogen-bond donors (Lipinski definition) is 1. The Morgan fingerprint density at radius 2 is 1.86 bits per heavy atom. The Morgan fingerprint density at radius 3 is 2.59 bits per heavy atom. The third-order valence-electron chi connectivity index (χ3n) is 5.51. The summed E-state index contributed by atoms with van der Waals surface area (Å²) in [6.07, 6.45) is 2.17. The maximum atomic E-state index is 12.8. The highest BCUT2D eigenvalue weighted by atomic mass is 16.5. The third-order valence-corrected chi connectivity index (χ3v) is 5.51. The minimum Gasteiger partial charge on any atom is -0.497 e. The number of hydrogen-bond acceptors (Lipinski definition) is 5. The van der Waals surface area contributed by atoms with Crippen molar-refractivity contribution in [2.24, 2.45) is 0 Å². The van der Waals surface area contributed by atoms with Gasteiger partial charge in [0.1, 0.15) is 18.1 Å². The highest BCUT2D eigenvalue weighted by Gasteiger charge is 2.27. The molecule has 1 aromatic heterocycles. The van der Waals surface area contributed by atoms with Gasteiger partial charge >= 0.3 is 0 Å². The molecule has 0 spiro atoms. The van der Waals surface area contributed by atoms with Gasteiger partial charge in [0.25, 0.3) is 5.91 Å². The normalized spacial score (nSPS) is 17.2. The zero-order valence-corrected chi connectivity index (χ0v) is 16.7. The molecule has 1 saturated heterocycles. The average molecular weight is 397 g/mol. The van der Waals surface area contributed by atoms with Crippen LogP contribution in [0.25, 0.3) is 0 Å². The molecule has 1 N–H and O–H groups in total. The Bertz CT molecular complexity index is 914. The third kappa shape index (κ3) is 4.98. The van der Waals surface area contributed by atoms with Crippen molar-refractivity contribution >= 4 is 5.91 Å². The SMILES string of the molecule is COc1cccc(OCCN2CCN(C(=O)c3cc(C4CC4)[nH]c(=O)c3)CC2)c1. The number of methoxy groups -OCH3 is 1. The first-order chi connectivity index (χ1) is 14.1. The number of ether oxygens (including phenoxy) is 2. The Morgan fingerprint density at radius 1 is 1.10 bits per heavy atom. The van der Waals surface area contributed by atoms with Crippen LogP contribution in [0.4, 0.5) is 0 Å². The van der Waals surface area contributed by atoms with Crippen LogP contribution in [-0.4, -0.2) is 67.1 Å². The summed E-state index contributed by atoms with van der Waals surface area (Å²) in [5.74, 6) is 1.93. The van der Waals surface area contributed by atoms with Crippen molar-refractivity contribution in [3.8, 4) is 11.5 Å². The Labute approximate surface area is 170 Å². The zero-order valence-electron chi connectivity index (χ0n) is 16.7. The van der Waals surface area contributed by atoms with Gasteiger partial charge in [-0.05, 0) is 37.0 Å². The van der Waals surface area contributed by atoms with E-state index < -0.39 is 0 Å². The zero-order chi connectivity index (χ0) is 20.2.